The van der Waals surface area contributed by atoms with E-state index in [2.05, 4.69) is 13.5 Å². The summed E-state index contributed by atoms with van der Waals surface area (Å²) in [5, 5.41) is 0. The number of unbranched alkanes of at least 4 members (excludes halogenated alkanes) is 1. The predicted molar refractivity (Wildman–Crippen MR) is 64.9 cm³/mol. The molecule has 0 heterocycles. The fourth-order valence-electron chi connectivity index (χ4n) is 1.38. The van der Waals surface area contributed by atoms with E-state index >= 15 is 0 Å². The van der Waals surface area contributed by atoms with Crippen molar-refractivity contribution >= 4 is 5.97 Å². The van der Waals surface area contributed by atoms with Gasteiger partial charge in [-0.15, -0.1) is 0 Å². The molecule has 0 saturated carbocycles. The number of allylic oxidation sites excluding steroid dienone is 1. The third-order valence-corrected chi connectivity index (χ3v) is 2.26. The summed E-state index contributed by atoms with van der Waals surface area (Å²) in [6.45, 7) is 5.83. The molecule has 1 rings (SSSR count). The molecule has 0 N–H and O–H groups in total. The van der Waals surface area contributed by atoms with Crippen LogP contribution >= 0.6 is 0 Å². The highest BCUT2D eigenvalue weighted by Gasteiger charge is 2.06. The summed E-state index contributed by atoms with van der Waals surface area (Å²) in [6.07, 6.45) is 3.16. The van der Waals surface area contributed by atoms with Crippen LogP contribution in [0.4, 0.5) is 0 Å². The number of ether oxygens (including phenoxy) is 1. The van der Waals surface area contributed by atoms with E-state index in [9.17, 15) is 4.79 Å². The van der Waals surface area contributed by atoms with Crippen molar-refractivity contribution in [1.82, 2.24) is 0 Å². The van der Waals surface area contributed by atoms with Gasteiger partial charge >= 0.3 is 5.97 Å². The van der Waals surface area contributed by atoms with Crippen molar-refractivity contribution in [3.05, 3.63) is 48.2 Å². The van der Waals surface area contributed by atoms with E-state index in [1.807, 2.05) is 30.3 Å². The van der Waals surface area contributed by atoms with Crippen LogP contribution in [0.2, 0.25) is 0 Å². The van der Waals surface area contributed by atoms with Crippen LogP contribution in [0, 0.1) is 0 Å². The van der Waals surface area contributed by atoms with Gasteiger partial charge in [0.05, 0.1) is 6.42 Å². The molecule has 0 radical (unpaired) electrons. The molecule has 0 aliphatic rings. The second-order valence-electron chi connectivity index (χ2n) is 3.78. The molecule has 0 saturated heterocycles. The first-order valence-electron chi connectivity index (χ1n) is 5.64. The van der Waals surface area contributed by atoms with Gasteiger partial charge in [0.15, 0.2) is 0 Å². The number of hydrogen-bond acceptors (Lipinski definition) is 2. The lowest BCUT2D eigenvalue weighted by molar-refractivity contribution is -0.138. The van der Waals surface area contributed by atoms with E-state index < -0.39 is 0 Å². The van der Waals surface area contributed by atoms with E-state index in [1.165, 1.54) is 0 Å². The smallest absolute Gasteiger partial charge is 0.315 e. The predicted octanol–water partition coefficient (Wildman–Crippen LogP) is 3.48. The van der Waals surface area contributed by atoms with Crippen molar-refractivity contribution in [1.29, 1.82) is 0 Å². The number of rotatable bonds is 6. The SMILES string of the molecule is C=C(CCCC)OC(=O)Cc1ccccc1. The molecule has 0 unspecified atom stereocenters. The molecule has 86 valence electrons. The van der Waals surface area contributed by atoms with Crippen LogP contribution in [0.1, 0.15) is 31.7 Å². The van der Waals surface area contributed by atoms with Crippen molar-refractivity contribution in [3.63, 3.8) is 0 Å². The van der Waals surface area contributed by atoms with Crippen LogP contribution in [0.25, 0.3) is 0 Å². The first-order chi connectivity index (χ1) is 7.72. The van der Waals surface area contributed by atoms with Crippen LogP contribution < -0.4 is 0 Å². The normalized spacial score (nSPS) is 9.81. The number of carbonyl (C=O) groups excluding carboxylic acids is 1. The molecular formula is C14H18O2. The maximum Gasteiger partial charge on any atom is 0.315 e. The zero-order valence-corrected chi connectivity index (χ0v) is 9.74. The number of hydrogen-bond donors (Lipinski definition) is 0. The zero-order chi connectivity index (χ0) is 11.8. The zero-order valence-electron chi connectivity index (χ0n) is 9.74. The summed E-state index contributed by atoms with van der Waals surface area (Å²) >= 11 is 0. The first-order valence-corrected chi connectivity index (χ1v) is 5.64. The average molecular weight is 218 g/mol. The van der Waals surface area contributed by atoms with Crippen molar-refractivity contribution in [3.8, 4) is 0 Å². The summed E-state index contributed by atoms with van der Waals surface area (Å²) in [5.74, 6) is 0.343. The Balaban J connectivity index is 2.34. The van der Waals surface area contributed by atoms with Crippen molar-refractivity contribution in [2.24, 2.45) is 0 Å². The molecule has 0 bridgehead atoms. The minimum absolute atomic E-state index is 0.229. The average Bonchev–Trinajstić information content (AvgIpc) is 2.27. The van der Waals surface area contributed by atoms with Crippen LogP contribution in [-0.4, -0.2) is 5.97 Å². The molecule has 0 aliphatic heterocycles. The molecule has 2 heteroatoms. The van der Waals surface area contributed by atoms with Gasteiger partial charge in [-0.05, 0) is 12.0 Å². The van der Waals surface area contributed by atoms with Gasteiger partial charge in [0.1, 0.15) is 5.76 Å². The number of benzene rings is 1. The molecule has 16 heavy (non-hydrogen) atoms. The van der Waals surface area contributed by atoms with E-state index in [4.69, 9.17) is 4.74 Å². The van der Waals surface area contributed by atoms with Gasteiger partial charge in [0, 0.05) is 6.42 Å². The monoisotopic (exact) mass is 218 g/mol. The van der Waals surface area contributed by atoms with Crippen LogP contribution in [-0.2, 0) is 16.0 Å². The second kappa shape index (κ2) is 6.83. The molecule has 0 aromatic heterocycles. The van der Waals surface area contributed by atoms with E-state index in [1.54, 1.807) is 0 Å². The van der Waals surface area contributed by atoms with Gasteiger partial charge in [-0.25, -0.2) is 0 Å². The highest BCUT2D eigenvalue weighted by atomic mass is 16.5. The van der Waals surface area contributed by atoms with Gasteiger partial charge in [-0.2, -0.15) is 0 Å². The maximum atomic E-state index is 11.5. The Morgan fingerprint density at radius 2 is 2.00 bits per heavy atom. The second-order valence-corrected chi connectivity index (χ2v) is 3.78. The fraction of sp³-hybridized carbons (Fsp3) is 0.357. The minimum atomic E-state index is -0.229. The number of carbonyl (C=O) groups is 1. The van der Waals surface area contributed by atoms with E-state index in [0.717, 1.165) is 24.8 Å². The Hall–Kier alpha value is -1.57. The molecule has 0 amide bonds. The van der Waals surface area contributed by atoms with E-state index in [-0.39, 0.29) is 5.97 Å². The van der Waals surface area contributed by atoms with Crippen molar-refractivity contribution in [2.45, 2.75) is 32.6 Å². The summed E-state index contributed by atoms with van der Waals surface area (Å²) in [5.41, 5.74) is 0.968. The molecule has 1 aromatic rings. The lowest BCUT2D eigenvalue weighted by atomic mass is 10.1. The first kappa shape index (κ1) is 12.5. The summed E-state index contributed by atoms with van der Waals surface area (Å²) in [7, 11) is 0. The third kappa shape index (κ3) is 4.78. The molecule has 0 fully saturated rings. The highest BCUT2D eigenvalue weighted by Crippen LogP contribution is 2.08. The standard InChI is InChI=1S/C14H18O2/c1-3-4-8-12(2)16-14(15)11-13-9-6-5-7-10-13/h5-7,9-10H,2-4,8,11H2,1H3. The quantitative estimate of drug-likeness (QED) is 0.539. The molecule has 0 atom stereocenters. The van der Waals surface area contributed by atoms with Gasteiger partial charge in [-0.3, -0.25) is 4.79 Å². The Labute approximate surface area is 96.9 Å². The van der Waals surface area contributed by atoms with Crippen molar-refractivity contribution < 1.29 is 9.53 Å². The number of esters is 1. The largest absolute Gasteiger partial charge is 0.431 e. The summed E-state index contributed by atoms with van der Waals surface area (Å²) < 4.78 is 5.12. The Kier molecular flexibility index (Phi) is 5.34. The molecule has 1 aromatic carbocycles. The maximum absolute atomic E-state index is 11.5. The van der Waals surface area contributed by atoms with Crippen LogP contribution in [0.5, 0.6) is 0 Å². The Morgan fingerprint density at radius 1 is 1.31 bits per heavy atom. The fourth-order valence-corrected chi connectivity index (χ4v) is 1.38. The van der Waals surface area contributed by atoms with E-state index in [0.29, 0.717) is 12.2 Å². The van der Waals surface area contributed by atoms with Crippen LogP contribution in [0.15, 0.2) is 42.7 Å². The molecule has 0 spiro atoms. The Bertz CT molecular complexity index is 341. The lowest BCUT2D eigenvalue weighted by Gasteiger charge is -2.06. The molecule has 0 aliphatic carbocycles. The van der Waals surface area contributed by atoms with Crippen molar-refractivity contribution in [2.75, 3.05) is 0 Å². The van der Waals surface area contributed by atoms with Gasteiger partial charge in [0.2, 0.25) is 0 Å². The lowest BCUT2D eigenvalue weighted by Crippen LogP contribution is -2.07. The minimum Gasteiger partial charge on any atom is -0.431 e. The van der Waals surface area contributed by atoms with Gasteiger partial charge in [-0.1, -0.05) is 50.3 Å². The summed E-state index contributed by atoms with van der Waals surface area (Å²) in [6, 6.07) is 9.57. The van der Waals surface area contributed by atoms with Gasteiger partial charge in [0.25, 0.3) is 0 Å². The molecule has 2 nitrogen and oxygen atoms in total. The highest BCUT2D eigenvalue weighted by molar-refractivity contribution is 5.73. The third-order valence-electron chi connectivity index (χ3n) is 2.26. The Morgan fingerprint density at radius 3 is 2.62 bits per heavy atom. The van der Waals surface area contributed by atoms with Gasteiger partial charge < -0.3 is 4.74 Å². The molecular weight excluding hydrogens is 200 g/mol. The van der Waals surface area contributed by atoms with Crippen LogP contribution in [0.3, 0.4) is 0 Å². The summed E-state index contributed by atoms with van der Waals surface area (Å²) in [4.78, 5) is 11.5. The topological polar surface area (TPSA) is 26.3 Å².